The quantitative estimate of drug-likeness (QED) is 0.678. The van der Waals surface area contributed by atoms with Crippen LogP contribution in [0.15, 0.2) is 59.4 Å². The predicted molar refractivity (Wildman–Crippen MR) is 103 cm³/mol. The van der Waals surface area contributed by atoms with E-state index < -0.39 is 0 Å². The van der Waals surface area contributed by atoms with Crippen LogP contribution in [0.2, 0.25) is 0 Å². The fraction of sp³-hybridized carbons (Fsp3) is 0.200. The Morgan fingerprint density at radius 3 is 2.65 bits per heavy atom. The molecule has 0 atom stereocenters. The van der Waals surface area contributed by atoms with Crippen LogP contribution in [0.4, 0.5) is 5.69 Å². The van der Waals surface area contributed by atoms with Gasteiger partial charge in [0.15, 0.2) is 0 Å². The lowest BCUT2D eigenvalue weighted by Crippen LogP contribution is -2.36. The van der Waals surface area contributed by atoms with Crippen LogP contribution >= 0.6 is 0 Å². The summed E-state index contributed by atoms with van der Waals surface area (Å²) in [4.78, 5) is 31.1. The maximum atomic E-state index is 12.3. The molecule has 0 bridgehead atoms. The van der Waals surface area contributed by atoms with Crippen LogP contribution in [0.3, 0.4) is 0 Å². The number of anilines is 1. The van der Waals surface area contributed by atoms with Crippen molar-refractivity contribution in [3.8, 4) is 0 Å². The van der Waals surface area contributed by atoms with Crippen molar-refractivity contribution in [3.63, 3.8) is 0 Å². The number of nitrogens with one attached hydrogen (secondary N) is 3. The van der Waals surface area contributed by atoms with E-state index in [-0.39, 0.29) is 11.6 Å². The van der Waals surface area contributed by atoms with Crippen LogP contribution in [0.1, 0.15) is 12.0 Å². The summed E-state index contributed by atoms with van der Waals surface area (Å²) in [5, 5.41) is 2.90. The number of fused-ring (bicyclic) bond motifs is 1. The van der Waals surface area contributed by atoms with Gasteiger partial charge in [-0.2, -0.15) is 0 Å². The number of nitrogens with zero attached hydrogens (tertiary/aromatic N) is 1. The zero-order valence-electron chi connectivity index (χ0n) is 14.3. The second-order valence-corrected chi connectivity index (χ2v) is 6.47. The Bertz CT molecular complexity index is 1020. The summed E-state index contributed by atoms with van der Waals surface area (Å²) in [6, 6.07) is 15.7. The summed E-state index contributed by atoms with van der Waals surface area (Å²) in [5.41, 5.74) is 4.42. The summed E-state index contributed by atoms with van der Waals surface area (Å²) in [5.74, 6) is -0.0567. The Morgan fingerprint density at radius 2 is 1.88 bits per heavy atom. The van der Waals surface area contributed by atoms with Crippen LogP contribution in [0.25, 0.3) is 16.6 Å². The molecule has 0 saturated carbocycles. The molecule has 1 aliphatic rings. The number of rotatable bonds is 4. The van der Waals surface area contributed by atoms with E-state index in [1.54, 1.807) is 18.2 Å². The first-order valence-corrected chi connectivity index (χ1v) is 8.66. The lowest BCUT2D eigenvalue weighted by Gasteiger charge is -2.25. The lowest BCUT2D eigenvalue weighted by molar-refractivity contribution is -0.117. The van der Waals surface area contributed by atoms with Crippen LogP contribution in [-0.2, 0) is 4.79 Å². The summed E-state index contributed by atoms with van der Waals surface area (Å²) < 4.78 is 0. The smallest absolute Gasteiger partial charge is 0.323 e. The molecule has 4 rings (SSSR count). The average Bonchev–Trinajstić information content (AvgIpc) is 3.02. The van der Waals surface area contributed by atoms with Gasteiger partial charge >= 0.3 is 5.69 Å². The fourth-order valence-electron chi connectivity index (χ4n) is 3.28. The maximum absolute atomic E-state index is 12.3. The summed E-state index contributed by atoms with van der Waals surface area (Å²) in [6.07, 6.45) is 3.14. The van der Waals surface area contributed by atoms with Gasteiger partial charge in [-0.1, -0.05) is 36.4 Å². The molecule has 2 heterocycles. The molecule has 26 heavy (non-hydrogen) atoms. The third kappa shape index (κ3) is 3.60. The molecule has 6 heteroatoms. The first-order chi connectivity index (χ1) is 12.7. The number of aromatic nitrogens is 2. The molecule has 0 spiro atoms. The minimum absolute atomic E-state index is 0.0567. The van der Waals surface area contributed by atoms with Crippen molar-refractivity contribution >= 4 is 28.2 Å². The highest BCUT2D eigenvalue weighted by molar-refractivity contribution is 5.94. The molecule has 3 N–H and O–H groups in total. The second-order valence-electron chi connectivity index (χ2n) is 6.47. The van der Waals surface area contributed by atoms with E-state index in [4.69, 9.17) is 0 Å². The summed E-state index contributed by atoms with van der Waals surface area (Å²) in [6.45, 7) is 1.97. The molecule has 0 fully saturated rings. The van der Waals surface area contributed by atoms with Crippen molar-refractivity contribution in [2.24, 2.45) is 0 Å². The second kappa shape index (κ2) is 7.01. The molecule has 1 aliphatic heterocycles. The first-order valence-electron chi connectivity index (χ1n) is 8.66. The van der Waals surface area contributed by atoms with Gasteiger partial charge in [0.05, 0.1) is 17.6 Å². The number of aromatic amines is 2. The molecule has 0 radical (unpaired) electrons. The largest absolute Gasteiger partial charge is 0.325 e. The van der Waals surface area contributed by atoms with Crippen LogP contribution < -0.4 is 11.0 Å². The molecular formula is C20H20N4O2. The van der Waals surface area contributed by atoms with Gasteiger partial charge in [-0.3, -0.25) is 9.69 Å². The van der Waals surface area contributed by atoms with Gasteiger partial charge in [0.1, 0.15) is 0 Å². The van der Waals surface area contributed by atoms with E-state index >= 15 is 0 Å². The zero-order chi connectivity index (χ0) is 17.9. The molecule has 1 amide bonds. The normalized spacial score (nSPS) is 15.0. The van der Waals surface area contributed by atoms with Gasteiger partial charge in [-0.25, -0.2) is 4.79 Å². The third-order valence-electron chi connectivity index (χ3n) is 4.60. The minimum Gasteiger partial charge on any atom is -0.325 e. The predicted octanol–water partition coefficient (Wildman–Crippen LogP) is 2.58. The van der Waals surface area contributed by atoms with Gasteiger partial charge in [0.2, 0.25) is 5.91 Å². The Labute approximate surface area is 150 Å². The fourth-order valence-corrected chi connectivity index (χ4v) is 3.28. The Kier molecular flexibility index (Phi) is 4.41. The molecule has 1 aromatic heterocycles. The Hall–Kier alpha value is -3.12. The zero-order valence-corrected chi connectivity index (χ0v) is 14.3. The number of carbonyl (C=O) groups is 1. The molecule has 0 saturated heterocycles. The van der Waals surface area contributed by atoms with Crippen molar-refractivity contribution in [2.75, 3.05) is 25.0 Å². The number of carbonyl (C=O) groups excluding carboxylic acids is 1. The van der Waals surface area contributed by atoms with E-state index in [0.717, 1.165) is 25.0 Å². The van der Waals surface area contributed by atoms with E-state index in [9.17, 15) is 9.59 Å². The first kappa shape index (κ1) is 16.4. The minimum atomic E-state index is -0.252. The van der Waals surface area contributed by atoms with Crippen molar-refractivity contribution in [1.29, 1.82) is 0 Å². The lowest BCUT2D eigenvalue weighted by atomic mass is 10.00. The van der Waals surface area contributed by atoms with Gasteiger partial charge in [-0.15, -0.1) is 0 Å². The SMILES string of the molecule is O=C(CN1CC=C(c2ccccc2)CC1)Nc1ccc2[nH]c(=O)[nH]c2c1. The van der Waals surface area contributed by atoms with Crippen molar-refractivity contribution in [2.45, 2.75) is 6.42 Å². The molecule has 2 aromatic carbocycles. The molecule has 3 aromatic rings. The third-order valence-corrected chi connectivity index (χ3v) is 4.60. The highest BCUT2D eigenvalue weighted by Gasteiger charge is 2.16. The summed E-state index contributed by atoms with van der Waals surface area (Å²) >= 11 is 0. The van der Waals surface area contributed by atoms with E-state index in [2.05, 4.69) is 38.4 Å². The van der Waals surface area contributed by atoms with Crippen molar-refractivity contribution in [3.05, 3.63) is 70.7 Å². The van der Waals surface area contributed by atoms with E-state index in [1.165, 1.54) is 11.1 Å². The molecule has 6 nitrogen and oxygen atoms in total. The maximum Gasteiger partial charge on any atom is 0.323 e. The topological polar surface area (TPSA) is 81.0 Å². The molecule has 0 unspecified atom stereocenters. The number of H-pyrrole nitrogens is 2. The summed E-state index contributed by atoms with van der Waals surface area (Å²) in [7, 11) is 0. The van der Waals surface area contributed by atoms with Gasteiger partial charge in [0.25, 0.3) is 0 Å². The highest BCUT2D eigenvalue weighted by atomic mass is 16.2. The number of amides is 1. The van der Waals surface area contributed by atoms with Gasteiger partial charge in [-0.05, 0) is 35.8 Å². The average molecular weight is 348 g/mol. The number of imidazole rings is 1. The molecule has 132 valence electrons. The van der Waals surface area contributed by atoms with Gasteiger partial charge in [0, 0.05) is 18.8 Å². The van der Waals surface area contributed by atoms with Gasteiger partial charge < -0.3 is 15.3 Å². The van der Waals surface area contributed by atoms with Crippen LogP contribution in [0.5, 0.6) is 0 Å². The highest BCUT2D eigenvalue weighted by Crippen LogP contribution is 2.22. The standard InChI is InChI=1S/C20H20N4O2/c25-19(21-16-6-7-17-18(12-16)23-20(26)22-17)13-24-10-8-15(9-11-24)14-4-2-1-3-5-14/h1-8,12H,9-11,13H2,(H,21,25)(H2,22,23,26). The Balaban J connectivity index is 1.36. The van der Waals surface area contributed by atoms with Crippen LogP contribution in [-0.4, -0.2) is 40.4 Å². The van der Waals surface area contributed by atoms with E-state index in [1.807, 2.05) is 18.2 Å². The number of benzene rings is 2. The number of hydrogen-bond acceptors (Lipinski definition) is 3. The molecule has 0 aliphatic carbocycles. The van der Waals surface area contributed by atoms with Crippen molar-refractivity contribution in [1.82, 2.24) is 14.9 Å². The number of hydrogen-bond donors (Lipinski definition) is 3. The van der Waals surface area contributed by atoms with Crippen molar-refractivity contribution < 1.29 is 4.79 Å². The van der Waals surface area contributed by atoms with E-state index in [0.29, 0.717) is 17.7 Å². The molecular weight excluding hydrogens is 328 g/mol. The van der Waals surface area contributed by atoms with Crippen LogP contribution in [0, 0.1) is 0 Å². The Morgan fingerprint density at radius 1 is 1.08 bits per heavy atom. The monoisotopic (exact) mass is 348 g/mol.